The third kappa shape index (κ3) is 4.88. The molecule has 1 aromatic heterocycles. The van der Waals surface area contributed by atoms with Gasteiger partial charge < -0.3 is 9.64 Å². The zero-order valence-electron chi connectivity index (χ0n) is 18.8. The number of anilines is 1. The summed E-state index contributed by atoms with van der Waals surface area (Å²) in [6.45, 7) is 7.01. The highest BCUT2D eigenvalue weighted by Crippen LogP contribution is 2.34. The number of hydrogen-bond donors (Lipinski definition) is 0. The first-order valence-electron chi connectivity index (χ1n) is 11.6. The maximum absolute atomic E-state index is 12.5. The van der Waals surface area contributed by atoms with Crippen molar-refractivity contribution in [1.29, 1.82) is 0 Å². The van der Waals surface area contributed by atoms with E-state index in [9.17, 15) is 4.79 Å². The van der Waals surface area contributed by atoms with E-state index < -0.39 is 0 Å². The van der Waals surface area contributed by atoms with Crippen LogP contribution in [0.25, 0.3) is 0 Å². The van der Waals surface area contributed by atoms with E-state index in [1.165, 1.54) is 41.0 Å². The molecule has 5 heteroatoms. The minimum Gasteiger partial charge on any atom is -0.493 e. The maximum Gasteiger partial charge on any atom is 0.175 e. The number of carbonyl (C=O) groups is 1. The summed E-state index contributed by atoms with van der Waals surface area (Å²) < 4.78 is 5.85. The molecule has 32 heavy (non-hydrogen) atoms. The van der Waals surface area contributed by atoms with Gasteiger partial charge in [-0.15, -0.1) is 11.3 Å². The summed E-state index contributed by atoms with van der Waals surface area (Å²) in [6.07, 6.45) is 4.86. The SMILES string of the molecule is Cc1ncc(C(=O)C[C@@H](C)c2ccc(C3CN(c4ccc(OCC5CC5)cc4)C3)cc2)s1. The number of rotatable bonds is 9. The topological polar surface area (TPSA) is 42.4 Å². The van der Waals surface area contributed by atoms with E-state index in [0.717, 1.165) is 41.2 Å². The predicted octanol–water partition coefficient (Wildman–Crippen LogP) is 6.22. The van der Waals surface area contributed by atoms with Crippen molar-refractivity contribution in [3.8, 4) is 5.75 Å². The standard InChI is InChI=1S/C27H30N2O2S/c1-18(13-26(30)27-14-28-19(2)32-27)21-5-7-22(8-6-21)23-15-29(16-23)24-9-11-25(12-10-24)31-17-20-3-4-20/h5-12,14,18,20,23H,3-4,13,15-17H2,1-2H3/t18-/m1/s1. The Morgan fingerprint density at radius 2 is 1.84 bits per heavy atom. The molecule has 0 spiro atoms. The quantitative estimate of drug-likeness (QED) is 0.366. The highest BCUT2D eigenvalue weighted by atomic mass is 32.1. The van der Waals surface area contributed by atoms with Gasteiger partial charge in [0.1, 0.15) is 5.75 Å². The van der Waals surface area contributed by atoms with Crippen LogP contribution in [0.2, 0.25) is 0 Å². The summed E-state index contributed by atoms with van der Waals surface area (Å²) in [5.41, 5.74) is 3.87. The average molecular weight is 447 g/mol. The number of benzene rings is 2. The number of thiazole rings is 1. The normalized spacial score (nSPS) is 17.1. The summed E-state index contributed by atoms with van der Waals surface area (Å²) >= 11 is 1.48. The molecule has 2 aromatic carbocycles. The van der Waals surface area contributed by atoms with Crippen LogP contribution in [0, 0.1) is 12.8 Å². The number of hydrogen-bond acceptors (Lipinski definition) is 5. The number of ketones is 1. The molecule has 2 aliphatic rings. The van der Waals surface area contributed by atoms with Crippen LogP contribution in [0.3, 0.4) is 0 Å². The van der Waals surface area contributed by atoms with E-state index >= 15 is 0 Å². The molecule has 1 saturated heterocycles. The molecule has 0 amide bonds. The molecule has 2 fully saturated rings. The minimum absolute atomic E-state index is 0.186. The molecule has 0 bridgehead atoms. The number of Topliss-reactive ketones (excluding diaryl/α,β-unsaturated/α-hetero) is 1. The van der Waals surface area contributed by atoms with Crippen molar-refractivity contribution < 1.29 is 9.53 Å². The van der Waals surface area contributed by atoms with Crippen molar-refractivity contribution >= 4 is 22.8 Å². The number of aromatic nitrogens is 1. The highest BCUT2D eigenvalue weighted by Gasteiger charge is 2.28. The van der Waals surface area contributed by atoms with Gasteiger partial charge in [0.2, 0.25) is 0 Å². The molecule has 1 atom stereocenters. The van der Waals surface area contributed by atoms with Gasteiger partial charge in [-0.1, -0.05) is 31.2 Å². The largest absolute Gasteiger partial charge is 0.493 e. The van der Waals surface area contributed by atoms with E-state index in [-0.39, 0.29) is 11.7 Å². The highest BCUT2D eigenvalue weighted by molar-refractivity contribution is 7.13. The Kier molecular flexibility index (Phi) is 6.01. The average Bonchev–Trinajstić information content (AvgIpc) is 3.50. The lowest BCUT2D eigenvalue weighted by Gasteiger charge is -2.41. The minimum atomic E-state index is 0.186. The van der Waals surface area contributed by atoms with Crippen LogP contribution in [0.5, 0.6) is 5.75 Å². The van der Waals surface area contributed by atoms with Crippen LogP contribution in [0.15, 0.2) is 54.7 Å². The monoisotopic (exact) mass is 446 g/mol. The van der Waals surface area contributed by atoms with Gasteiger partial charge >= 0.3 is 0 Å². The van der Waals surface area contributed by atoms with Gasteiger partial charge in [-0.2, -0.15) is 0 Å². The third-order valence-corrected chi connectivity index (χ3v) is 7.58. The molecular weight excluding hydrogens is 416 g/mol. The molecule has 1 aliphatic heterocycles. The van der Waals surface area contributed by atoms with Gasteiger partial charge in [0, 0.05) is 37.3 Å². The van der Waals surface area contributed by atoms with E-state index in [4.69, 9.17) is 4.74 Å². The van der Waals surface area contributed by atoms with E-state index in [1.54, 1.807) is 6.20 Å². The van der Waals surface area contributed by atoms with Crippen LogP contribution < -0.4 is 9.64 Å². The van der Waals surface area contributed by atoms with Gasteiger partial charge in [0.05, 0.1) is 16.5 Å². The summed E-state index contributed by atoms with van der Waals surface area (Å²) in [7, 11) is 0. The lowest BCUT2D eigenvalue weighted by atomic mass is 9.88. The van der Waals surface area contributed by atoms with Crippen molar-refractivity contribution in [3.05, 3.63) is 75.7 Å². The van der Waals surface area contributed by atoms with E-state index in [2.05, 4.69) is 65.3 Å². The van der Waals surface area contributed by atoms with Crippen molar-refractivity contribution in [2.45, 2.75) is 44.9 Å². The second kappa shape index (κ2) is 9.07. The first-order valence-corrected chi connectivity index (χ1v) is 12.4. The molecular formula is C27H30N2O2S. The van der Waals surface area contributed by atoms with Gasteiger partial charge in [-0.3, -0.25) is 4.79 Å². The lowest BCUT2D eigenvalue weighted by Crippen LogP contribution is -2.45. The van der Waals surface area contributed by atoms with Gasteiger partial charge in [0.15, 0.2) is 5.78 Å². The van der Waals surface area contributed by atoms with Crippen molar-refractivity contribution in [1.82, 2.24) is 4.98 Å². The number of nitrogens with zero attached hydrogens (tertiary/aromatic N) is 2. The lowest BCUT2D eigenvalue weighted by molar-refractivity contribution is 0.0979. The van der Waals surface area contributed by atoms with Crippen molar-refractivity contribution in [3.63, 3.8) is 0 Å². The Labute approximate surface area is 194 Å². The molecule has 4 nitrogen and oxygen atoms in total. The zero-order valence-corrected chi connectivity index (χ0v) is 19.6. The Hall–Kier alpha value is -2.66. The van der Waals surface area contributed by atoms with Gasteiger partial charge in [-0.25, -0.2) is 4.98 Å². The number of aryl methyl sites for hydroxylation is 1. The predicted molar refractivity (Wildman–Crippen MR) is 130 cm³/mol. The molecule has 1 aliphatic carbocycles. The fraction of sp³-hybridized carbons (Fsp3) is 0.407. The van der Waals surface area contributed by atoms with Crippen LogP contribution in [0.1, 0.15) is 63.8 Å². The number of carbonyl (C=O) groups excluding carboxylic acids is 1. The molecule has 166 valence electrons. The smallest absolute Gasteiger partial charge is 0.175 e. The number of ether oxygens (including phenoxy) is 1. The van der Waals surface area contributed by atoms with Gasteiger partial charge in [-0.05, 0) is 67.0 Å². The Bertz CT molecular complexity index is 1060. The van der Waals surface area contributed by atoms with E-state index in [1.807, 2.05) is 6.92 Å². The molecule has 5 rings (SSSR count). The molecule has 0 radical (unpaired) electrons. The third-order valence-electron chi connectivity index (χ3n) is 6.63. The summed E-state index contributed by atoms with van der Waals surface area (Å²) in [6, 6.07) is 17.4. The first kappa shape index (κ1) is 21.2. The summed E-state index contributed by atoms with van der Waals surface area (Å²) in [5.74, 6) is 2.71. The van der Waals surface area contributed by atoms with Gasteiger partial charge in [0.25, 0.3) is 0 Å². The molecule has 3 aromatic rings. The molecule has 2 heterocycles. The second-order valence-electron chi connectivity index (χ2n) is 9.29. The molecule has 1 saturated carbocycles. The van der Waals surface area contributed by atoms with Crippen LogP contribution in [-0.4, -0.2) is 30.5 Å². The fourth-order valence-electron chi connectivity index (χ4n) is 4.24. The van der Waals surface area contributed by atoms with Crippen molar-refractivity contribution in [2.75, 3.05) is 24.6 Å². The fourth-order valence-corrected chi connectivity index (χ4v) is 4.96. The van der Waals surface area contributed by atoms with Crippen LogP contribution in [0.4, 0.5) is 5.69 Å². The molecule has 0 unspecified atom stereocenters. The maximum atomic E-state index is 12.5. The second-order valence-corrected chi connectivity index (χ2v) is 10.5. The van der Waals surface area contributed by atoms with Crippen molar-refractivity contribution in [2.24, 2.45) is 5.92 Å². The van der Waals surface area contributed by atoms with Crippen LogP contribution in [-0.2, 0) is 0 Å². The summed E-state index contributed by atoms with van der Waals surface area (Å²) in [5, 5.41) is 0.942. The Balaban J connectivity index is 1.12. The Morgan fingerprint density at radius 1 is 1.12 bits per heavy atom. The Morgan fingerprint density at radius 3 is 2.47 bits per heavy atom. The summed E-state index contributed by atoms with van der Waals surface area (Å²) in [4.78, 5) is 19.9. The first-order chi connectivity index (χ1) is 15.5. The van der Waals surface area contributed by atoms with Crippen LogP contribution >= 0.6 is 11.3 Å². The van der Waals surface area contributed by atoms with E-state index in [0.29, 0.717) is 12.3 Å². The zero-order chi connectivity index (χ0) is 22.1. The molecule has 0 N–H and O–H groups in total.